The van der Waals surface area contributed by atoms with Crippen LogP contribution >= 0.6 is 0 Å². The summed E-state index contributed by atoms with van der Waals surface area (Å²) >= 11 is 0. The Labute approximate surface area is 176 Å². The third-order valence-electron chi connectivity index (χ3n) is 5.50. The quantitative estimate of drug-likeness (QED) is 0.387. The van der Waals surface area contributed by atoms with Crippen LogP contribution in [0.15, 0.2) is 54.6 Å². The monoisotopic (exact) mass is 428 g/mol. The van der Waals surface area contributed by atoms with Crippen molar-refractivity contribution in [2.24, 2.45) is 5.73 Å². The minimum atomic E-state index is -4.69. The highest BCUT2D eigenvalue weighted by atomic mass is 19.4. The van der Waals surface area contributed by atoms with Crippen LogP contribution < -0.4 is 5.73 Å². The maximum Gasteiger partial charge on any atom is 0.416 e. The molecule has 0 atom stereocenters. The fourth-order valence-electron chi connectivity index (χ4n) is 4.15. The van der Waals surface area contributed by atoms with Gasteiger partial charge in [-0.1, -0.05) is 37.6 Å². The van der Waals surface area contributed by atoms with Gasteiger partial charge in [0.2, 0.25) is 5.91 Å². The molecule has 7 heteroatoms. The first-order valence-corrected chi connectivity index (χ1v) is 9.90. The number of halogens is 4. The molecule has 0 saturated carbocycles. The van der Waals surface area contributed by atoms with E-state index in [0.29, 0.717) is 21.8 Å². The van der Waals surface area contributed by atoms with Crippen LogP contribution in [0.3, 0.4) is 0 Å². The van der Waals surface area contributed by atoms with Crippen molar-refractivity contribution >= 4 is 27.7 Å². The van der Waals surface area contributed by atoms with E-state index in [1.807, 2.05) is 25.1 Å². The second-order valence-electron chi connectivity index (χ2n) is 7.52. The predicted molar refractivity (Wildman–Crippen MR) is 112 cm³/mol. The molecule has 0 aliphatic carbocycles. The summed E-state index contributed by atoms with van der Waals surface area (Å²) in [5.74, 6) is -1.57. The molecule has 0 bridgehead atoms. The lowest BCUT2D eigenvalue weighted by atomic mass is 10.0. The van der Waals surface area contributed by atoms with Gasteiger partial charge in [-0.2, -0.15) is 13.2 Å². The number of carbonyl (C=O) groups is 1. The number of amides is 1. The molecule has 1 amide bonds. The van der Waals surface area contributed by atoms with Gasteiger partial charge in [0, 0.05) is 27.4 Å². The Balaban J connectivity index is 2.05. The third kappa shape index (κ3) is 3.65. The molecule has 0 radical (unpaired) electrons. The van der Waals surface area contributed by atoms with Gasteiger partial charge in [0.25, 0.3) is 0 Å². The first-order valence-electron chi connectivity index (χ1n) is 9.90. The van der Waals surface area contributed by atoms with Gasteiger partial charge in [-0.05, 0) is 42.3 Å². The SMILES string of the molecule is CCCc1ccc2c3c(C(N)=O)cccc3n(Cc3c(F)cccc3C(F)(F)F)c2c1. The number of nitrogens with two attached hydrogens (primary N) is 1. The van der Waals surface area contributed by atoms with E-state index in [2.05, 4.69) is 0 Å². The van der Waals surface area contributed by atoms with Crippen LogP contribution in [0.5, 0.6) is 0 Å². The number of primary amides is 1. The van der Waals surface area contributed by atoms with Crippen molar-refractivity contribution in [1.29, 1.82) is 0 Å². The second-order valence-corrected chi connectivity index (χ2v) is 7.52. The molecule has 0 aliphatic heterocycles. The molecule has 3 aromatic carbocycles. The molecular formula is C24H20F4N2O. The van der Waals surface area contributed by atoms with Crippen molar-refractivity contribution in [1.82, 2.24) is 4.57 Å². The van der Waals surface area contributed by atoms with Crippen LogP contribution in [0.25, 0.3) is 21.8 Å². The number of aromatic nitrogens is 1. The predicted octanol–water partition coefficient (Wildman–Crippen LogP) is 6.05. The van der Waals surface area contributed by atoms with Gasteiger partial charge in [-0.15, -0.1) is 0 Å². The van der Waals surface area contributed by atoms with E-state index < -0.39 is 29.0 Å². The van der Waals surface area contributed by atoms with Crippen molar-refractivity contribution in [2.75, 3.05) is 0 Å². The molecule has 1 aromatic heterocycles. The van der Waals surface area contributed by atoms with Crippen molar-refractivity contribution in [3.63, 3.8) is 0 Å². The largest absolute Gasteiger partial charge is 0.416 e. The minimum Gasteiger partial charge on any atom is -0.366 e. The zero-order valence-electron chi connectivity index (χ0n) is 16.8. The molecule has 3 nitrogen and oxygen atoms in total. The van der Waals surface area contributed by atoms with E-state index in [4.69, 9.17) is 5.73 Å². The normalized spacial score (nSPS) is 12.0. The Kier molecular flexibility index (Phi) is 5.21. The van der Waals surface area contributed by atoms with E-state index >= 15 is 0 Å². The molecule has 0 unspecified atom stereocenters. The Morgan fingerprint density at radius 2 is 1.77 bits per heavy atom. The highest BCUT2D eigenvalue weighted by Gasteiger charge is 2.34. The van der Waals surface area contributed by atoms with Gasteiger partial charge in [-0.25, -0.2) is 4.39 Å². The number of fused-ring (bicyclic) bond motifs is 3. The summed E-state index contributed by atoms with van der Waals surface area (Å²) in [6, 6.07) is 13.5. The van der Waals surface area contributed by atoms with Crippen molar-refractivity contribution < 1.29 is 22.4 Å². The first kappa shape index (κ1) is 20.9. The molecule has 0 saturated heterocycles. The fraction of sp³-hybridized carbons (Fsp3) is 0.208. The number of aryl methyl sites for hydroxylation is 1. The lowest BCUT2D eigenvalue weighted by Crippen LogP contribution is -2.14. The van der Waals surface area contributed by atoms with Crippen LogP contribution in [0, 0.1) is 5.82 Å². The maximum absolute atomic E-state index is 14.6. The fourth-order valence-corrected chi connectivity index (χ4v) is 4.15. The number of alkyl halides is 3. The average Bonchev–Trinajstić information content (AvgIpc) is 3.02. The van der Waals surface area contributed by atoms with Gasteiger partial charge in [0.05, 0.1) is 17.6 Å². The minimum absolute atomic E-state index is 0.272. The van der Waals surface area contributed by atoms with Crippen molar-refractivity contribution in [3.05, 3.63) is 82.7 Å². The van der Waals surface area contributed by atoms with Gasteiger partial charge in [0.15, 0.2) is 0 Å². The highest BCUT2D eigenvalue weighted by Crippen LogP contribution is 2.37. The van der Waals surface area contributed by atoms with E-state index in [1.54, 1.807) is 22.8 Å². The Bertz CT molecular complexity index is 1300. The number of benzene rings is 3. The van der Waals surface area contributed by atoms with Crippen LogP contribution in [-0.4, -0.2) is 10.5 Å². The zero-order chi connectivity index (χ0) is 22.3. The van der Waals surface area contributed by atoms with E-state index in [9.17, 15) is 22.4 Å². The topological polar surface area (TPSA) is 48.0 Å². The zero-order valence-corrected chi connectivity index (χ0v) is 16.8. The molecule has 31 heavy (non-hydrogen) atoms. The third-order valence-corrected chi connectivity index (χ3v) is 5.50. The summed E-state index contributed by atoms with van der Waals surface area (Å²) in [5, 5.41) is 1.24. The summed E-state index contributed by atoms with van der Waals surface area (Å²) in [4.78, 5) is 12.0. The van der Waals surface area contributed by atoms with Crippen LogP contribution in [0.2, 0.25) is 0 Å². The number of nitrogens with zero attached hydrogens (tertiary/aromatic N) is 1. The summed E-state index contributed by atoms with van der Waals surface area (Å²) < 4.78 is 57.0. The second kappa shape index (κ2) is 7.72. The standard InChI is InChI=1S/C24H20F4N2O/c1-2-5-14-10-11-15-21(12-14)30(20-9-3-6-16(22(15)20)23(29)31)13-17-18(24(26,27)28)7-4-8-19(17)25/h3-4,6-12H,2,5,13H2,1H3,(H2,29,31). The van der Waals surface area contributed by atoms with E-state index in [1.165, 1.54) is 0 Å². The van der Waals surface area contributed by atoms with E-state index in [-0.39, 0.29) is 12.1 Å². The Morgan fingerprint density at radius 3 is 2.45 bits per heavy atom. The number of rotatable bonds is 5. The molecular weight excluding hydrogens is 408 g/mol. The number of hydrogen-bond acceptors (Lipinski definition) is 1. The van der Waals surface area contributed by atoms with Gasteiger partial charge >= 0.3 is 6.18 Å². The molecule has 2 N–H and O–H groups in total. The first-order chi connectivity index (χ1) is 14.7. The number of carbonyl (C=O) groups excluding carboxylic acids is 1. The summed E-state index contributed by atoms with van der Waals surface area (Å²) in [6.07, 6.45) is -3.01. The van der Waals surface area contributed by atoms with Crippen LogP contribution in [-0.2, 0) is 19.1 Å². The maximum atomic E-state index is 14.6. The van der Waals surface area contributed by atoms with E-state index in [0.717, 1.165) is 36.6 Å². The lowest BCUT2D eigenvalue weighted by Gasteiger charge is -2.16. The molecule has 4 rings (SSSR count). The van der Waals surface area contributed by atoms with Gasteiger partial charge < -0.3 is 10.3 Å². The summed E-state index contributed by atoms with van der Waals surface area (Å²) in [7, 11) is 0. The number of hydrogen-bond donors (Lipinski definition) is 1. The van der Waals surface area contributed by atoms with Crippen LogP contribution in [0.1, 0.15) is 40.4 Å². The van der Waals surface area contributed by atoms with Gasteiger partial charge in [0.1, 0.15) is 5.82 Å². The van der Waals surface area contributed by atoms with Gasteiger partial charge in [-0.3, -0.25) is 4.79 Å². The molecule has 160 valence electrons. The lowest BCUT2D eigenvalue weighted by molar-refractivity contribution is -0.138. The molecule has 0 spiro atoms. The van der Waals surface area contributed by atoms with Crippen LogP contribution in [0.4, 0.5) is 17.6 Å². The Morgan fingerprint density at radius 1 is 1.03 bits per heavy atom. The van der Waals surface area contributed by atoms with Crippen molar-refractivity contribution in [3.8, 4) is 0 Å². The highest BCUT2D eigenvalue weighted by molar-refractivity contribution is 6.18. The molecule has 0 aliphatic rings. The average molecular weight is 428 g/mol. The Hall–Kier alpha value is -3.35. The summed E-state index contributed by atoms with van der Waals surface area (Å²) in [5.41, 5.74) is 6.53. The molecule has 4 aromatic rings. The van der Waals surface area contributed by atoms with Crippen molar-refractivity contribution in [2.45, 2.75) is 32.5 Å². The summed E-state index contributed by atoms with van der Waals surface area (Å²) in [6.45, 7) is 1.69. The smallest absolute Gasteiger partial charge is 0.366 e. The molecule has 1 heterocycles. The molecule has 0 fully saturated rings.